The minimum atomic E-state index is -1.03. The molecule has 1 saturated heterocycles. The molecule has 0 bridgehead atoms. The average molecular weight is 747 g/mol. The van der Waals surface area contributed by atoms with E-state index in [1.54, 1.807) is 12.1 Å². The smallest absolute Gasteiger partial charge is 0.299 e. The van der Waals surface area contributed by atoms with Crippen LogP contribution in [-0.4, -0.2) is 137 Å². The van der Waals surface area contributed by atoms with E-state index >= 15 is 0 Å². The minimum absolute atomic E-state index is 0.0514. The zero-order valence-corrected chi connectivity index (χ0v) is 28.9. The Morgan fingerprint density at radius 2 is 1.21 bits per heavy atom. The molecule has 2 aliphatic heterocycles. The van der Waals surface area contributed by atoms with Crippen molar-refractivity contribution in [3.63, 3.8) is 0 Å². The molecular weight excluding hydrogens is 704 g/mol. The number of fused-ring (bicyclic) bond motifs is 1. The number of piperidine rings is 1. The lowest BCUT2D eigenvalue weighted by atomic mass is 10.0. The first-order valence-corrected chi connectivity index (χ1v) is 16.9. The molecular formula is C33H42N6O14. The number of nitro groups is 2. The number of nitrogens with zero attached hydrogens (tertiary/aromatic N) is 3. The number of non-ortho nitro benzene ring substituents is 1. The number of amides is 4. The predicted octanol–water partition coefficient (Wildman–Crippen LogP) is 1.53. The van der Waals surface area contributed by atoms with Gasteiger partial charge in [0, 0.05) is 31.3 Å². The molecule has 1 atom stereocenters. The number of nitro benzene ring substituents is 2. The van der Waals surface area contributed by atoms with E-state index < -0.39 is 39.5 Å². The summed E-state index contributed by atoms with van der Waals surface area (Å²) in [6, 6.07) is 7.22. The summed E-state index contributed by atoms with van der Waals surface area (Å²) in [7, 11) is 0. The van der Waals surface area contributed by atoms with E-state index in [2.05, 4.69) is 16.0 Å². The number of hydrogen-bond donors (Lipinski definition) is 3. The summed E-state index contributed by atoms with van der Waals surface area (Å²) in [5, 5.41) is 30.1. The summed E-state index contributed by atoms with van der Waals surface area (Å²) in [6.07, 6.45) is 0.140. The van der Waals surface area contributed by atoms with Crippen molar-refractivity contribution in [1.82, 2.24) is 10.2 Å². The molecule has 2 aromatic rings. The van der Waals surface area contributed by atoms with Gasteiger partial charge < -0.3 is 39.1 Å². The molecule has 20 heteroatoms. The molecule has 0 spiro atoms. The van der Waals surface area contributed by atoms with E-state index in [-0.39, 0.29) is 54.2 Å². The van der Waals surface area contributed by atoms with Crippen molar-refractivity contribution in [3.8, 4) is 0 Å². The molecule has 2 aromatic carbocycles. The normalized spacial score (nSPS) is 15.4. The van der Waals surface area contributed by atoms with Gasteiger partial charge in [-0.2, -0.15) is 0 Å². The standard InChI is InChI=1S/C33H42N6O14/c40-29-7-6-27(31(41)36-29)37-32(42)24-2-1-3-26(30(24)33(37)43)35-9-11-49-13-15-51-17-19-53-21-20-52-18-16-50-14-12-48-10-8-34-25-5-4-23(38(44)45)22-28(25)39(46)47/h1-5,22,27,34-35H,6-21H2,(H,36,40,41). The van der Waals surface area contributed by atoms with Crippen LogP contribution < -0.4 is 16.0 Å². The number of benzene rings is 2. The minimum Gasteiger partial charge on any atom is -0.382 e. The molecule has 3 N–H and O–H groups in total. The van der Waals surface area contributed by atoms with Crippen LogP contribution in [0.4, 0.5) is 22.7 Å². The fraction of sp³-hybridized carbons (Fsp3) is 0.515. The van der Waals surface area contributed by atoms with Gasteiger partial charge in [-0.15, -0.1) is 0 Å². The van der Waals surface area contributed by atoms with Gasteiger partial charge in [0.1, 0.15) is 11.7 Å². The van der Waals surface area contributed by atoms with Crippen LogP contribution in [0.1, 0.15) is 33.6 Å². The maximum absolute atomic E-state index is 13.1. The molecule has 0 radical (unpaired) electrons. The van der Waals surface area contributed by atoms with Gasteiger partial charge in [0.05, 0.1) is 106 Å². The first kappa shape index (κ1) is 40.6. The quantitative estimate of drug-likeness (QED) is 0.0534. The molecule has 288 valence electrons. The Bertz CT molecular complexity index is 1610. The van der Waals surface area contributed by atoms with Gasteiger partial charge in [-0.1, -0.05) is 6.07 Å². The number of carbonyl (C=O) groups is 4. The van der Waals surface area contributed by atoms with E-state index in [0.29, 0.717) is 84.9 Å². The van der Waals surface area contributed by atoms with Crippen LogP contribution in [0, 0.1) is 20.2 Å². The highest BCUT2D eigenvalue weighted by Crippen LogP contribution is 2.32. The van der Waals surface area contributed by atoms with Crippen LogP contribution >= 0.6 is 0 Å². The monoisotopic (exact) mass is 746 g/mol. The van der Waals surface area contributed by atoms with Crippen molar-refractivity contribution in [2.75, 3.05) is 103 Å². The number of ether oxygens (including phenoxy) is 6. The molecule has 1 fully saturated rings. The SMILES string of the molecule is O=C1CCC(N2C(=O)c3cccc(NCCOCCOCCOCCOCCOCCOCCNc4ccc([N+](=O)[O-])cc4[N+](=O)[O-])c3C2=O)C(=O)N1. The predicted molar refractivity (Wildman–Crippen MR) is 185 cm³/mol. The number of rotatable bonds is 26. The molecule has 0 aliphatic carbocycles. The lowest BCUT2D eigenvalue weighted by Gasteiger charge is -2.27. The number of carbonyl (C=O) groups excluding carboxylic acids is 4. The van der Waals surface area contributed by atoms with Crippen LogP contribution in [0.5, 0.6) is 0 Å². The first-order valence-electron chi connectivity index (χ1n) is 16.9. The molecule has 2 aliphatic rings. The second kappa shape index (κ2) is 21.4. The maximum Gasteiger partial charge on any atom is 0.299 e. The van der Waals surface area contributed by atoms with Gasteiger partial charge in [-0.05, 0) is 24.6 Å². The lowest BCUT2D eigenvalue weighted by molar-refractivity contribution is -0.393. The Morgan fingerprint density at radius 3 is 1.72 bits per heavy atom. The molecule has 53 heavy (non-hydrogen) atoms. The van der Waals surface area contributed by atoms with E-state index in [1.165, 1.54) is 18.2 Å². The number of imide groups is 2. The van der Waals surface area contributed by atoms with Gasteiger partial charge in [0.15, 0.2) is 0 Å². The average Bonchev–Trinajstić information content (AvgIpc) is 3.39. The van der Waals surface area contributed by atoms with Crippen LogP contribution in [0.3, 0.4) is 0 Å². The first-order chi connectivity index (χ1) is 25.7. The lowest BCUT2D eigenvalue weighted by Crippen LogP contribution is -2.54. The Balaban J connectivity index is 0.922. The van der Waals surface area contributed by atoms with E-state index in [9.17, 15) is 39.4 Å². The van der Waals surface area contributed by atoms with E-state index in [1.807, 2.05) is 0 Å². The third kappa shape index (κ3) is 12.2. The molecule has 4 rings (SSSR count). The van der Waals surface area contributed by atoms with Crippen molar-refractivity contribution in [2.24, 2.45) is 0 Å². The van der Waals surface area contributed by atoms with Gasteiger partial charge in [0.25, 0.3) is 23.2 Å². The molecule has 1 unspecified atom stereocenters. The summed E-state index contributed by atoms with van der Waals surface area (Å²) >= 11 is 0. The molecule has 20 nitrogen and oxygen atoms in total. The van der Waals surface area contributed by atoms with Crippen LogP contribution in [0.2, 0.25) is 0 Å². The summed E-state index contributed by atoms with van der Waals surface area (Å²) in [4.78, 5) is 71.4. The van der Waals surface area contributed by atoms with Gasteiger partial charge in [0.2, 0.25) is 11.8 Å². The Labute approximate surface area is 303 Å². The summed E-state index contributed by atoms with van der Waals surface area (Å²) < 4.78 is 32.8. The molecule has 2 heterocycles. The van der Waals surface area contributed by atoms with E-state index in [0.717, 1.165) is 11.0 Å². The summed E-state index contributed by atoms with van der Waals surface area (Å²) in [6.45, 7) is 4.80. The Hall–Kier alpha value is -5.12. The molecule has 0 saturated carbocycles. The number of hydrogen-bond acceptors (Lipinski definition) is 16. The Morgan fingerprint density at radius 1 is 0.679 bits per heavy atom. The highest BCUT2D eigenvalue weighted by Gasteiger charge is 2.45. The Kier molecular flexibility index (Phi) is 16.4. The van der Waals surface area contributed by atoms with Crippen LogP contribution in [0.25, 0.3) is 0 Å². The van der Waals surface area contributed by atoms with Gasteiger partial charge in [-0.25, -0.2) is 0 Å². The highest BCUT2D eigenvalue weighted by atomic mass is 16.6. The zero-order chi connectivity index (χ0) is 38.0. The summed E-state index contributed by atoms with van der Waals surface area (Å²) in [5.41, 5.74) is 0.272. The van der Waals surface area contributed by atoms with Crippen LogP contribution in [-0.2, 0) is 38.0 Å². The third-order valence-electron chi connectivity index (χ3n) is 7.84. The second-order valence-corrected chi connectivity index (χ2v) is 11.4. The van der Waals surface area contributed by atoms with E-state index in [4.69, 9.17) is 28.4 Å². The highest BCUT2D eigenvalue weighted by molar-refractivity contribution is 6.25. The number of nitrogens with one attached hydrogen (secondary N) is 3. The zero-order valence-electron chi connectivity index (χ0n) is 28.9. The van der Waals surface area contributed by atoms with Gasteiger partial charge >= 0.3 is 0 Å². The van der Waals surface area contributed by atoms with Crippen LogP contribution in [0.15, 0.2) is 36.4 Å². The largest absolute Gasteiger partial charge is 0.382 e. The third-order valence-corrected chi connectivity index (χ3v) is 7.84. The fourth-order valence-electron chi connectivity index (χ4n) is 5.31. The molecule has 0 aromatic heterocycles. The topological polar surface area (TPSA) is 249 Å². The van der Waals surface area contributed by atoms with Crippen molar-refractivity contribution in [3.05, 3.63) is 67.8 Å². The van der Waals surface area contributed by atoms with Gasteiger partial charge in [-0.3, -0.25) is 49.6 Å². The summed E-state index contributed by atoms with van der Waals surface area (Å²) in [5.74, 6) is -2.23. The van der Waals surface area contributed by atoms with Crippen molar-refractivity contribution >= 4 is 46.4 Å². The number of anilines is 2. The fourth-order valence-corrected chi connectivity index (χ4v) is 5.31. The maximum atomic E-state index is 13.1. The molecule has 4 amide bonds. The second-order valence-electron chi connectivity index (χ2n) is 11.4. The van der Waals surface area contributed by atoms with Crippen molar-refractivity contribution in [2.45, 2.75) is 18.9 Å². The van der Waals surface area contributed by atoms with Crippen molar-refractivity contribution < 1.29 is 57.4 Å². The van der Waals surface area contributed by atoms with Crippen molar-refractivity contribution in [1.29, 1.82) is 0 Å².